The molecule has 1 aromatic heterocycles. The molecular weight excluding hydrogens is 317 g/mol. The van der Waals surface area contributed by atoms with Crippen LogP contribution in [0.1, 0.15) is 33.3 Å². The van der Waals surface area contributed by atoms with Crippen LogP contribution in [0.3, 0.4) is 0 Å². The number of aliphatic imine (C=N–C) groups is 1. The lowest BCUT2D eigenvalue weighted by Gasteiger charge is -2.12. The van der Waals surface area contributed by atoms with E-state index in [1.54, 1.807) is 12.3 Å². The predicted octanol–water partition coefficient (Wildman–Crippen LogP) is 4.11. The van der Waals surface area contributed by atoms with Gasteiger partial charge in [-0.25, -0.2) is 9.98 Å². The summed E-state index contributed by atoms with van der Waals surface area (Å²) in [6.45, 7) is 15.7. The standard InChI is InChI=1S/C14H14ClN3.C2H6.CH3Cl/c1-5-13(15)8(2)12-6-11-7-16-10(4)18-14(11)17-9(12)3;2*1-2/h5-7H,2-3H2,1,4H3,(H,16,17,18);1-2H3;1H3/b13-5+;;. The van der Waals surface area contributed by atoms with Gasteiger partial charge in [0.1, 0.15) is 11.7 Å². The smallest absolute Gasteiger partial charge is 0.140 e. The molecule has 1 aliphatic rings. The van der Waals surface area contributed by atoms with E-state index in [4.69, 9.17) is 11.6 Å². The van der Waals surface area contributed by atoms with Gasteiger partial charge >= 0.3 is 0 Å². The summed E-state index contributed by atoms with van der Waals surface area (Å²) >= 11 is 10.7. The van der Waals surface area contributed by atoms with Gasteiger partial charge in [0, 0.05) is 28.4 Å². The molecule has 0 saturated heterocycles. The Bertz CT molecular complexity index is 689. The van der Waals surface area contributed by atoms with Crippen molar-refractivity contribution in [3.8, 4) is 0 Å². The van der Waals surface area contributed by atoms with E-state index in [-0.39, 0.29) is 0 Å². The minimum atomic E-state index is 0.602. The maximum atomic E-state index is 6.08. The topological polar surface area (TPSA) is 37.3 Å². The first-order valence-electron chi connectivity index (χ1n) is 6.94. The zero-order chi connectivity index (χ0) is 17.3. The number of anilines is 1. The van der Waals surface area contributed by atoms with E-state index < -0.39 is 0 Å². The van der Waals surface area contributed by atoms with Gasteiger partial charge in [0.05, 0.1) is 5.35 Å². The fourth-order valence-corrected chi connectivity index (χ4v) is 1.80. The Morgan fingerprint density at radius 3 is 2.45 bits per heavy atom. The summed E-state index contributed by atoms with van der Waals surface area (Å²) in [6.07, 6.45) is 5.04. The molecule has 3 nitrogen and oxygen atoms in total. The Hall–Kier alpha value is -1.58. The molecule has 22 heavy (non-hydrogen) atoms. The fourth-order valence-electron chi connectivity index (χ4n) is 1.70. The Morgan fingerprint density at radius 2 is 1.91 bits per heavy atom. The quantitative estimate of drug-likeness (QED) is 0.650. The van der Waals surface area contributed by atoms with Crippen molar-refractivity contribution in [3.05, 3.63) is 39.9 Å². The number of amidine groups is 1. The summed E-state index contributed by atoms with van der Waals surface area (Å²) in [4.78, 5) is 8.63. The molecule has 0 amide bonds. The predicted molar refractivity (Wildman–Crippen MR) is 102 cm³/mol. The van der Waals surface area contributed by atoms with Gasteiger partial charge in [-0.15, -0.1) is 11.6 Å². The van der Waals surface area contributed by atoms with Crippen LogP contribution in [0.15, 0.2) is 28.7 Å². The number of nitrogens with zero attached hydrogens (tertiary/aromatic N) is 2. The van der Waals surface area contributed by atoms with Crippen LogP contribution in [0.5, 0.6) is 0 Å². The molecule has 0 spiro atoms. The van der Waals surface area contributed by atoms with E-state index in [2.05, 4.69) is 40.1 Å². The summed E-state index contributed by atoms with van der Waals surface area (Å²) < 4.78 is 0. The van der Waals surface area contributed by atoms with Gasteiger partial charge in [-0.1, -0.05) is 44.7 Å². The molecule has 0 atom stereocenters. The third kappa shape index (κ3) is 5.00. The number of halogens is 2. The summed E-state index contributed by atoms with van der Waals surface area (Å²) in [6, 6.07) is 1.95. The number of fused-ring (bicyclic) bond motifs is 1. The van der Waals surface area contributed by atoms with E-state index >= 15 is 0 Å². The van der Waals surface area contributed by atoms with Gasteiger partial charge < -0.3 is 5.32 Å². The minimum Gasteiger partial charge on any atom is -0.328 e. The van der Waals surface area contributed by atoms with Crippen LogP contribution >= 0.6 is 23.2 Å². The molecule has 0 saturated carbocycles. The average molecular weight is 340 g/mol. The molecule has 1 aliphatic heterocycles. The van der Waals surface area contributed by atoms with Crippen molar-refractivity contribution >= 4 is 53.2 Å². The molecule has 0 fully saturated rings. The van der Waals surface area contributed by atoms with Crippen molar-refractivity contribution in [2.45, 2.75) is 27.7 Å². The SMILES string of the molecule is C=C(/C(Cl)=C\C)c1cc2c(nc1=C)NC(C)=NC=2.CC.CCl. The number of pyridine rings is 1. The zero-order valence-electron chi connectivity index (χ0n) is 13.8. The first kappa shape index (κ1) is 20.4. The van der Waals surface area contributed by atoms with Crippen molar-refractivity contribution in [1.29, 1.82) is 0 Å². The van der Waals surface area contributed by atoms with Gasteiger partial charge in [-0.05, 0) is 25.5 Å². The van der Waals surface area contributed by atoms with Crippen molar-refractivity contribution < 1.29 is 0 Å². The van der Waals surface area contributed by atoms with Gasteiger partial charge in [-0.2, -0.15) is 0 Å². The first-order valence-corrected chi connectivity index (χ1v) is 8.07. The highest BCUT2D eigenvalue weighted by Gasteiger charge is 2.09. The molecular formula is C17H23Cl2N3. The molecule has 1 aromatic rings. The molecule has 2 rings (SSSR count). The fraction of sp³-hybridized carbons (Fsp3) is 0.294. The number of allylic oxidation sites excluding steroid dienone is 3. The van der Waals surface area contributed by atoms with Crippen LogP contribution in [0.25, 0.3) is 18.4 Å². The van der Waals surface area contributed by atoms with Crippen molar-refractivity contribution in [1.82, 2.24) is 4.98 Å². The lowest BCUT2D eigenvalue weighted by atomic mass is 10.1. The second kappa shape index (κ2) is 10.2. The summed E-state index contributed by atoms with van der Waals surface area (Å²) in [5.41, 5.74) is 1.56. The number of hydrogen-bond donors (Lipinski definition) is 1. The zero-order valence-corrected chi connectivity index (χ0v) is 15.3. The molecule has 0 radical (unpaired) electrons. The number of hydrogen-bond acceptors (Lipinski definition) is 3. The van der Waals surface area contributed by atoms with Crippen LogP contribution in [0, 0.1) is 0 Å². The molecule has 1 N–H and O–H groups in total. The van der Waals surface area contributed by atoms with Crippen molar-refractivity contribution in [2.24, 2.45) is 4.99 Å². The Balaban J connectivity index is 0.00000102. The van der Waals surface area contributed by atoms with Crippen LogP contribution in [-0.2, 0) is 0 Å². The number of nitrogens with one attached hydrogen (secondary N) is 1. The number of alkyl halides is 1. The van der Waals surface area contributed by atoms with Crippen LogP contribution in [-0.4, -0.2) is 17.2 Å². The average Bonchev–Trinajstić information content (AvgIpc) is 2.56. The summed E-state index contributed by atoms with van der Waals surface area (Å²) in [7, 11) is 0. The van der Waals surface area contributed by atoms with Crippen LogP contribution < -0.4 is 15.9 Å². The first-order chi connectivity index (χ1) is 10.5. The second-order valence-electron chi connectivity index (χ2n) is 4.00. The van der Waals surface area contributed by atoms with E-state index in [0.29, 0.717) is 10.4 Å². The number of aromatic nitrogens is 1. The van der Waals surface area contributed by atoms with E-state index in [9.17, 15) is 0 Å². The monoisotopic (exact) mass is 339 g/mol. The molecule has 0 bridgehead atoms. The Morgan fingerprint density at radius 1 is 1.32 bits per heavy atom. The lowest BCUT2D eigenvalue weighted by molar-refractivity contribution is 1.20. The summed E-state index contributed by atoms with van der Waals surface area (Å²) in [5, 5.41) is 5.26. The van der Waals surface area contributed by atoms with Gasteiger partial charge in [-0.3, -0.25) is 0 Å². The Labute approximate surface area is 142 Å². The van der Waals surface area contributed by atoms with Gasteiger partial charge in [0.15, 0.2) is 0 Å². The molecule has 0 aliphatic carbocycles. The third-order valence-electron chi connectivity index (χ3n) is 2.69. The maximum absolute atomic E-state index is 6.08. The summed E-state index contributed by atoms with van der Waals surface area (Å²) in [5.74, 6) is 1.58. The molecule has 0 aromatic carbocycles. The van der Waals surface area contributed by atoms with Crippen LogP contribution in [0.4, 0.5) is 5.82 Å². The second-order valence-corrected chi connectivity index (χ2v) is 4.41. The van der Waals surface area contributed by atoms with E-state index in [0.717, 1.165) is 28.0 Å². The van der Waals surface area contributed by atoms with Gasteiger partial charge in [0.2, 0.25) is 0 Å². The molecule has 0 unspecified atom stereocenters. The lowest BCUT2D eigenvalue weighted by Crippen LogP contribution is -2.27. The van der Waals surface area contributed by atoms with Crippen molar-refractivity contribution in [3.63, 3.8) is 0 Å². The van der Waals surface area contributed by atoms with Crippen LogP contribution in [0.2, 0.25) is 0 Å². The highest BCUT2D eigenvalue weighted by molar-refractivity contribution is 6.36. The third-order valence-corrected chi connectivity index (χ3v) is 3.14. The highest BCUT2D eigenvalue weighted by Crippen LogP contribution is 2.20. The molecule has 120 valence electrons. The largest absolute Gasteiger partial charge is 0.328 e. The Kier molecular flexibility index (Phi) is 9.46. The molecule has 2 heterocycles. The van der Waals surface area contributed by atoms with E-state index in [1.165, 1.54) is 6.38 Å². The molecule has 5 heteroatoms. The van der Waals surface area contributed by atoms with Gasteiger partial charge in [0.25, 0.3) is 0 Å². The minimum absolute atomic E-state index is 0.602. The number of rotatable bonds is 2. The maximum Gasteiger partial charge on any atom is 0.140 e. The normalized spacial score (nSPS) is 12.1. The van der Waals surface area contributed by atoms with E-state index in [1.807, 2.05) is 33.8 Å². The highest BCUT2D eigenvalue weighted by atomic mass is 35.5. The van der Waals surface area contributed by atoms with Crippen molar-refractivity contribution in [2.75, 3.05) is 11.7 Å².